The molecular formula is C27H45NO4. The SMILES string of the molecule is COC1OC(C)C2C1CC1CCCCC1[C@@H]2/C=C/C1CCCC(C)N1C(=O)OC(C)(C)C. The van der Waals surface area contributed by atoms with Gasteiger partial charge in [-0.05, 0) is 90.4 Å². The van der Waals surface area contributed by atoms with Gasteiger partial charge < -0.3 is 14.2 Å². The standard InChI is InChI=1S/C27H45NO4/c1-17-10-9-12-20(28(17)26(29)32-27(3,4)5)14-15-22-21-13-8-7-11-19(21)16-23-24(22)18(2)31-25(23)30-6/h14-15,17-25H,7-13,16H2,1-6H3/b15-14+/t17?,18?,19?,20?,21?,22-,23?,24?,25?/m0/s1. The summed E-state index contributed by atoms with van der Waals surface area (Å²) < 4.78 is 17.8. The van der Waals surface area contributed by atoms with E-state index in [-0.39, 0.29) is 30.6 Å². The molecule has 0 aromatic heterocycles. The molecule has 0 bridgehead atoms. The summed E-state index contributed by atoms with van der Waals surface area (Å²) in [5, 5.41) is 0. The highest BCUT2D eigenvalue weighted by Crippen LogP contribution is 2.55. The van der Waals surface area contributed by atoms with Gasteiger partial charge in [0.15, 0.2) is 6.29 Å². The Labute approximate surface area is 195 Å². The molecule has 0 radical (unpaired) electrons. The van der Waals surface area contributed by atoms with E-state index in [1.54, 1.807) is 7.11 Å². The Kier molecular flexibility index (Phi) is 7.26. The first-order valence-electron chi connectivity index (χ1n) is 13.1. The molecule has 182 valence electrons. The maximum Gasteiger partial charge on any atom is 0.411 e. The van der Waals surface area contributed by atoms with Crippen molar-refractivity contribution in [3.05, 3.63) is 12.2 Å². The lowest BCUT2D eigenvalue weighted by molar-refractivity contribution is -0.132. The number of hydrogen-bond donors (Lipinski definition) is 0. The third-order valence-corrected chi connectivity index (χ3v) is 8.56. The van der Waals surface area contributed by atoms with E-state index in [1.165, 1.54) is 32.1 Å². The average Bonchev–Trinajstić information content (AvgIpc) is 3.05. The molecule has 2 saturated carbocycles. The second-order valence-electron chi connectivity index (χ2n) is 11.8. The van der Waals surface area contributed by atoms with Crippen molar-refractivity contribution >= 4 is 6.09 Å². The summed E-state index contributed by atoms with van der Waals surface area (Å²) in [5.74, 6) is 3.01. The summed E-state index contributed by atoms with van der Waals surface area (Å²) in [6.45, 7) is 10.2. The molecule has 0 N–H and O–H groups in total. The molecular weight excluding hydrogens is 402 g/mol. The van der Waals surface area contributed by atoms with Crippen LogP contribution < -0.4 is 0 Å². The molecule has 4 aliphatic rings. The zero-order chi connectivity index (χ0) is 23.0. The summed E-state index contributed by atoms with van der Waals surface area (Å²) in [6.07, 6.45) is 14.6. The number of nitrogens with zero attached hydrogens (tertiary/aromatic N) is 1. The number of carbonyl (C=O) groups is 1. The number of ether oxygens (including phenoxy) is 3. The fourth-order valence-electron chi connectivity index (χ4n) is 7.27. The zero-order valence-corrected chi connectivity index (χ0v) is 21.1. The highest BCUT2D eigenvalue weighted by Gasteiger charge is 2.53. The summed E-state index contributed by atoms with van der Waals surface area (Å²) in [5.41, 5.74) is -0.472. The van der Waals surface area contributed by atoms with Gasteiger partial charge in [-0.1, -0.05) is 31.4 Å². The first-order chi connectivity index (χ1) is 15.2. The number of amides is 1. The van der Waals surface area contributed by atoms with Crippen LogP contribution in [0.2, 0.25) is 0 Å². The van der Waals surface area contributed by atoms with Gasteiger partial charge in [0.25, 0.3) is 0 Å². The number of fused-ring (bicyclic) bond motifs is 2. The Balaban J connectivity index is 1.57. The summed E-state index contributed by atoms with van der Waals surface area (Å²) in [7, 11) is 1.79. The van der Waals surface area contributed by atoms with Crippen LogP contribution in [-0.2, 0) is 14.2 Å². The highest BCUT2D eigenvalue weighted by atomic mass is 16.7. The topological polar surface area (TPSA) is 48.0 Å². The molecule has 2 heterocycles. The van der Waals surface area contributed by atoms with E-state index in [0.29, 0.717) is 17.8 Å². The number of rotatable bonds is 3. The van der Waals surface area contributed by atoms with E-state index in [2.05, 4.69) is 26.0 Å². The predicted octanol–water partition coefficient (Wildman–Crippen LogP) is 6.17. The van der Waals surface area contributed by atoms with Crippen LogP contribution in [0, 0.1) is 29.6 Å². The Morgan fingerprint density at radius 1 is 1.00 bits per heavy atom. The molecule has 0 aromatic rings. The molecule has 1 amide bonds. The molecule has 0 spiro atoms. The lowest BCUT2D eigenvalue weighted by Crippen LogP contribution is -2.50. The van der Waals surface area contributed by atoms with Gasteiger partial charge >= 0.3 is 6.09 Å². The Bertz CT molecular complexity index is 686. The fourth-order valence-corrected chi connectivity index (χ4v) is 7.27. The van der Waals surface area contributed by atoms with Crippen molar-refractivity contribution in [2.75, 3.05) is 7.11 Å². The quantitative estimate of drug-likeness (QED) is 0.485. The molecule has 4 rings (SSSR count). The van der Waals surface area contributed by atoms with E-state index in [0.717, 1.165) is 31.1 Å². The summed E-state index contributed by atoms with van der Waals surface area (Å²) >= 11 is 0. The van der Waals surface area contributed by atoms with Crippen molar-refractivity contribution in [2.24, 2.45) is 29.6 Å². The van der Waals surface area contributed by atoms with Crippen LogP contribution in [0.25, 0.3) is 0 Å². The van der Waals surface area contributed by atoms with Crippen molar-refractivity contribution in [3.63, 3.8) is 0 Å². The zero-order valence-electron chi connectivity index (χ0n) is 21.1. The van der Waals surface area contributed by atoms with Gasteiger partial charge in [0.05, 0.1) is 12.1 Å². The molecule has 0 aromatic carbocycles. The summed E-state index contributed by atoms with van der Waals surface area (Å²) in [6, 6.07) is 0.327. The number of methoxy groups -OCH3 is 1. The molecule has 4 fully saturated rings. The van der Waals surface area contributed by atoms with Crippen LogP contribution in [0.3, 0.4) is 0 Å². The molecule has 2 saturated heterocycles. The van der Waals surface area contributed by atoms with E-state index in [9.17, 15) is 4.79 Å². The van der Waals surface area contributed by atoms with E-state index in [1.807, 2.05) is 25.7 Å². The number of piperidine rings is 1. The highest BCUT2D eigenvalue weighted by molar-refractivity contribution is 5.69. The molecule has 2 aliphatic carbocycles. The first kappa shape index (κ1) is 24.1. The Morgan fingerprint density at radius 3 is 2.47 bits per heavy atom. The third-order valence-electron chi connectivity index (χ3n) is 8.56. The first-order valence-corrected chi connectivity index (χ1v) is 13.1. The number of hydrogen-bond acceptors (Lipinski definition) is 4. The van der Waals surface area contributed by atoms with Crippen LogP contribution in [0.4, 0.5) is 4.79 Å². The van der Waals surface area contributed by atoms with Gasteiger partial charge in [-0.3, -0.25) is 4.90 Å². The van der Waals surface area contributed by atoms with Crippen LogP contribution >= 0.6 is 0 Å². The van der Waals surface area contributed by atoms with Gasteiger partial charge in [-0.25, -0.2) is 4.79 Å². The van der Waals surface area contributed by atoms with Crippen molar-refractivity contribution < 1.29 is 19.0 Å². The van der Waals surface area contributed by atoms with Gasteiger partial charge in [0, 0.05) is 19.1 Å². The largest absolute Gasteiger partial charge is 0.444 e. The van der Waals surface area contributed by atoms with Crippen LogP contribution in [0.5, 0.6) is 0 Å². The number of allylic oxidation sites excluding steroid dienone is 1. The van der Waals surface area contributed by atoms with Gasteiger partial charge in [0.2, 0.25) is 0 Å². The van der Waals surface area contributed by atoms with Gasteiger partial charge in [-0.15, -0.1) is 0 Å². The molecule has 5 nitrogen and oxygen atoms in total. The van der Waals surface area contributed by atoms with E-state index in [4.69, 9.17) is 14.2 Å². The van der Waals surface area contributed by atoms with Crippen LogP contribution in [-0.4, -0.2) is 48.2 Å². The van der Waals surface area contributed by atoms with E-state index >= 15 is 0 Å². The number of carbonyl (C=O) groups excluding carboxylic acids is 1. The van der Waals surface area contributed by atoms with Crippen molar-refractivity contribution in [2.45, 2.75) is 116 Å². The van der Waals surface area contributed by atoms with Gasteiger partial charge in [-0.2, -0.15) is 0 Å². The molecule has 5 heteroatoms. The minimum atomic E-state index is -0.472. The Morgan fingerprint density at radius 2 is 1.75 bits per heavy atom. The molecule has 9 atom stereocenters. The lowest BCUT2D eigenvalue weighted by atomic mass is 9.57. The smallest absolute Gasteiger partial charge is 0.411 e. The average molecular weight is 448 g/mol. The fraction of sp³-hybridized carbons (Fsp3) is 0.889. The molecule has 8 unspecified atom stereocenters. The van der Waals surface area contributed by atoms with Crippen LogP contribution in [0.1, 0.15) is 86.0 Å². The lowest BCUT2D eigenvalue weighted by Gasteiger charge is -2.47. The number of likely N-dealkylation sites (tertiary alicyclic amines) is 1. The van der Waals surface area contributed by atoms with Crippen molar-refractivity contribution in [1.29, 1.82) is 0 Å². The minimum Gasteiger partial charge on any atom is -0.444 e. The maximum absolute atomic E-state index is 13.1. The van der Waals surface area contributed by atoms with Crippen molar-refractivity contribution in [1.82, 2.24) is 4.90 Å². The van der Waals surface area contributed by atoms with E-state index < -0.39 is 5.60 Å². The Hall–Kier alpha value is -1.07. The second kappa shape index (κ2) is 9.66. The predicted molar refractivity (Wildman–Crippen MR) is 126 cm³/mol. The van der Waals surface area contributed by atoms with Crippen molar-refractivity contribution in [3.8, 4) is 0 Å². The maximum atomic E-state index is 13.1. The monoisotopic (exact) mass is 447 g/mol. The molecule has 2 aliphatic heterocycles. The van der Waals surface area contributed by atoms with Crippen LogP contribution in [0.15, 0.2) is 12.2 Å². The van der Waals surface area contributed by atoms with Gasteiger partial charge in [0.1, 0.15) is 5.60 Å². The summed E-state index contributed by atoms with van der Waals surface area (Å²) in [4.78, 5) is 15.1. The third kappa shape index (κ3) is 4.89. The molecule has 32 heavy (non-hydrogen) atoms. The normalized spacial score (nSPS) is 42.6. The minimum absolute atomic E-state index is 0.0678. The second-order valence-corrected chi connectivity index (χ2v) is 11.8.